The van der Waals surface area contributed by atoms with Gasteiger partial charge in [-0.3, -0.25) is 14.5 Å². The number of benzene rings is 1. The Balaban J connectivity index is 1.74. The number of rotatable bonds is 6. The SMILES string of the molecule is O=C(CCC(=O)N1CCOCC1)Nc1ccc(Br)cc1C(=P)N1CC(C(F)(F)F)C[C@@H](C(F)(F)F)C1. The van der Waals surface area contributed by atoms with Gasteiger partial charge in [0.1, 0.15) is 0 Å². The number of nitrogens with one attached hydrogen (secondary N) is 1. The fourth-order valence-corrected chi connectivity index (χ4v) is 4.90. The van der Waals surface area contributed by atoms with Gasteiger partial charge >= 0.3 is 12.4 Å². The summed E-state index contributed by atoms with van der Waals surface area (Å²) < 4.78 is 86.2. The van der Waals surface area contributed by atoms with Crippen molar-refractivity contribution in [2.45, 2.75) is 31.6 Å². The number of hydrogen-bond donors (Lipinski definition) is 1. The fourth-order valence-electron chi connectivity index (χ4n) is 4.15. The van der Waals surface area contributed by atoms with E-state index in [0.717, 1.165) is 4.90 Å². The van der Waals surface area contributed by atoms with E-state index in [9.17, 15) is 35.9 Å². The molecule has 2 saturated heterocycles. The molecule has 1 aromatic rings. The highest BCUT2D eigenvalue weighted by atomic mass is 79.9. The third kappa shape index (κ3) is 7.66. The van der Waals surface area contributed by atoms with Gasteiger partial charge in [-0.2, -0.15) is 26.3 Å². The number of amides is 2. The van der Waals surface area contributed by atoms with Gasteiger partial charge in [0.15, 0.2) is 0 Å². The molecule has 2 atom stereocenters. The number of alkyl halides is 6. The van der Waals surface area contributed by atoms with Gasteiger partial charge in [0.25, 0.3) is 0 Å². The molecule has 1 unspecified atom stereocenters. The molecule has 0 spiro atoms. The van der Waals surface area contributed by atoms with Gasteiger partial charge in [-0.15, -0.1) is 8.86 Å². The van der Waals surface area contributed by atoms with Crippen molar-refractivity contribution in [3.8, 4) is 0 Å². The minimum atomic E-state index is -4.80. The van der Waals surface area contributed by atoms with Crippen LogP contribution in [0.4, 0.5) is 32.0 Å². The van der Waals surface area contributed by atoms with Crippen molar-refractivity contribution in [3.05, 3.63) is 28.2 Å². The molecule has 200 valence electrons. The monoisotopic (exact) mass is 603 g/mol. The number of hydrogen-bond acceptors (Lipinski definition) is 3. The van der Waals surface area contributed by atoms with Crippen LogP contribution in [0.3, 0.4) is 0 Å². The van der Waals surface area contributed by atoms with Crippen molar-refractivity contribution < 1.29 is 40.7 Å². The number of anilines is 1. The Morgan fingerprint density at radius 1 is 1.00 bits per heavy atom. The van der Waals surface area contributed by atoms with Gasteiger partial charge in [0.2, 0.25) is 11.8 Å². The minimum Gasteiger partial charge on any atom is -0.378 e. The van der Waals surface area contributed by atoms with Crippen molar-refractivity contribution in [3.63, 3.8) is 0 Å². The molecule has 14 heteroatoms. The van der Waals surface area contributed by atoms with Crippen LogP contribution in [0.25, 0.3) is 0 Å². The Kier molecular flexibility index (Phi) is 9.46. The quantitative estimate of drug-likeness (QED) is 0.378. The summed E-state index contributed by atoms with van der Waals surface area (Å²) in [5.41, 5.74) is 0.376. The second-order valence-corrected chi connectivity index (χ2v) is 10.1. The predicted molar refractivity (Wildman–Crippen MR) is 127 cm³/mol. The average molecular weight is 604 g/mol. The molecule has 2 fully saturated rings. The summed E-state index contributed by atoms with van der Waals surface area (Å²) in [7, 11) is 3.25. The number of piperidine rings is 1. The smallest absolute Gasteiger partial charge is 0.378 e. The van der Waals surface area contributed by atoms with Gasteiger partial charge in [0, 0.05) is 60.2 Å². The first kappa shape index (κ1) is 28.9. The van der Waals surface area contributed by atoms with Crippen LogP contribution in [0.15, 0.2) is 22.7 Å². The second-order valence-electron chi connectivity index (χ2n) is 8.70. The summed E-state index contributed by atoms with van der Waals surface area (Å²) in [6.07, 6.45) is -10.8. The minimum absolute atomic E-state index is 0.0146. The molecule has 36 heavy (non-hydrogen) atoms. The predicted octanol–water partition coefficient (Wildman–Crippen LogP) is 4.71. The average Bonchev–Trinajstić information content (AvgIpc) is 2.82. The number of likely N-dealkylation sites (tertiary alicyclic amines) is 1. The largest absolute Gasteiger partial charge is 0.393 e. The molecule has 1 aromatic carbocycles. The number of halogens is 7. The van der Waals surface area contributed by atoms with Crippen LogP contribution in [-0.4, -0.2) is 78.8 Å². The summed E-state index contributed by atoms with van der Waals surface area (Å²) >= 11 is 3.25. The van der Waals surface area contributed by atoms with E-state index >= 15 is 0 Å². The first-order valence-corrected chi connectivity index (χ1v) is 12.5. The number of morpholine rings is 1. The molecular formula is C22H25BrF6N3O3P. The topological polar surface area (TPSA) is 61.9 Å². The number of carbonyl (C=O) groups is 2. The maximum Gasteiger partial charge on any atom is 0.393 e. The highest BCUT2D eigenvalue weighted by Gasteiger charge is 2.52. The molecule has 0 saturated carbocycles. The third-order valence-electron chi connectivity index (χ3n) is 6.13. The lowest BCUT2D eigenvalue weighted by atomic mass is 9.88. The third-order valence-corrected chi connectivity index (χ3v) is 7.21. The summed E-state index contributed by atoms with van der Waals surface area (Å²) in [4.78, 5) is 27.4. The number of ether oxygens (including phenoxy) is 1. The zero-order valence-corrected chi connectivity index (χ0v) is 21.6. The molecule has 6 nitrogen and oxygen atoms in total. The van der Waals surface area contributed by atoms with Crippen LogP contribution in [0.1, 0.15) is 24.8 Å². The Morgan fingerprint density at radius 3 is 2.14 bits per heavy atom. The van der Waals surface area contributed by atoms with Crippen LogP contribution in [0.2, 0.25) is 0 Å². The van der Waals surface area contributed by atoms with Crippen molar-refractivity contribution in [1.29, 1.82) is 0 Å². The Bertz CT molecular complexity index is 963. The maximum absolute atomic E-state index is 13.4. The first-order chi connectivity index (χ1) is 16.8. The molecule has 2 amide bonds. The molecule has 0 aromatic heterocycles. The van der Waals surface area contributed by atoms with E-state index < -0.39 is 49.6 Å². The molecule has 0 aliphatic carbocycles. The number of nitrogens with zero attached hydrogens (tertiary/aromatic N) is 2. The molecule has 2 heterocycles. The molecule has 2 aliphatic heterocycles. The molecule has 3 rings (SSSR count). The van der Waals surface area contributed by atoms with E-state index in [1.807, 2.05) is 0 Å². The number of carbonyl (C=O) groups excluding carboxylic acids is 2. The van der Waals surface area contributed by atoms with Crippen LogP contribution < -0.4 is 5.32 Å². The van der Waals surface area contributed by atoms with Gasteiger partial charge in [-0.05, 0) is 24.6 Å². The summed E-state index contributed by atoms with van der Waals surface area (Å²) in [6, 6.07) is 4.54. The van der Waals surface area contributed by atoms with Crippen LogP contribution >= 0.6 is 24.8 Å². The van der Waals surface area contributed by atoms with Gasteiger partial charge < -0.3 is 15.0 Å². The lowest BCUT2D eigenvalue weighted by Crippen LogP contribution is -2.51. The zero-order chi connectivity index (χ0) is 26.7. The van der Waals surface area contributed by atoms with E-state index in [0.29, 0.717) is 30.8 Å². The van der Waals surface area contributed by atoms with Crippen molar-refractivity contribution in [2.24, 2.45) is 11.8 Å². The lowest BCUT2D eigenvalue weighted by molar-refractivity contribution is -0.225. The van der Waals surface area contributed by atoms with E-state index in [-0.39, 0.29) is 35.4 Å². The van der Waals surface area contributed by atoms with Crippen molar-refractivity contribution in [1.82, 2.24) is 9.80 Å². The normalized spacial score (nSPS) is 21.8. The highest BCUT2D eigenvalue weighted by Crippen LogP contribution is 2.42. The lowest BCUT2D eigenvalue weighted by Gasteiger charge is -2.39. The second kappa shape index (κ2) is 11.8. The van der Waals surface area contributed by atoms with Crippen LogP contribution in [0, 0.1) is 11.8 Å². The molecule has 1 N–H and O–H groups in total. The highest BCUT2D eigenvalue weighted by molar-refractivity contribution is 9.10. The van der Waals surface area contributed by atoms with Crippen molar-refractivity contribution in [2.75, 3.05) is 44.7 Å². The van der Waals surface area contributed by atoms with Gasteiger partial charge in [-0.25, -0.2) is 0 Å². The van der Waals surface area contributed by atoms with Crippen molar-refractivity contribution >= 4 is 47.7 Å². The molecule has 2 aliphatic rings. The summed E-state index contributed by atoms with van der Waals surface area (Å²) in [6.45, 7) is 0.389. The Hall–Kier alpha value is -1.69. The van der Waals surface area contributed by atoms with Crippen LogP contribution in [0.5, 0.6) is 0 Å². The van der Waals surface area contributed by atoms with E-state index in [1.165, 1.54) is 12.1 Å². The zero-order valence-electron chi connectivity index (χ0n) is 19.0. The summed E-state index contributed by atoms with van der Waals surface area (Å²) in [5, 5.41) is 2.62. The Morgan fingerprint density at radius 2 is 1.58 bits per heavy atom. The maximum atomic E-state index is 13.4. The summed E-state index contributed by atoms with van der Waals surface area (Å²) in [5.74, 6) is -5.05. The van der Waals surface area contributed by atoms with E-state index in [1.54, 1.807) is 11.0 Å². The fraction of sp³-hybridized carbons (Fsp3) is 0.591. The van der Waals surface area contributed by atoms with Gasteiger partial charge in [-0.1, -0.05) is 15.9 Å². The molecule has 0 bridgehead atoms. The van der Waals surface area contributed by atoms with Gasteiger partial charge in [0.05, 0.1) is 25.0 Å². The molecular weight excluding hydrogens is 579 g/mol. The van der Waals surface area contributed by atoms with Crippen LogP contribution in [-0.2, 0) is 14.3 Å². The van der Waals surface area contributed by atoms with E-state index in [4.69, 9.17) is 4.74 Å². The first-order valence-electron chi connectivity index (χ1n) is 11.2. The standard InChI is InChI=1S/C22H25BrF6N3O3P/c23-15-1-2-17(30-18(33)3-4-19(34)31-5-7-35-8-6-31)16(10-15)20(36)32-11-13(21(24,25)26)9-14(12-32)22(27,28)29/h1-2,10,13-14,36H,3-9,11-12H2,(H,30,33)/t13-,14?/m1/s1. The Labute approximate surface area is 214 Å². The molecule has 0 radical (unpaired) electrons. The van der Waals surface area contributed by atoms with E-state index in [2.05, 4.69) is 30.1 Å².